The highest BCUT2D eigenvalue weighted by atomic mass is 19.1. The van der Waals surface area contributed by atoms with Gasteiger partial charge in [0.05, 0.1) is 17.6 Å². The van der Waals surface area contributed by atoms with Crippen molar-refractivity contribution in [3.63, 3.8) is 0 Å². The van der Waals surface area contributed by atoms with Crippen LogP contribution in [0.4, 0.5) is 26.0 Å². The Morgan fingerprint density at radius 3 is 2.42 bits per heavy atom. The van der Waals surface area contributed by atoms with Crippen molar-refractivity contribution in [3.05, 3.63) is 71.4 Å². The molecular weight excluding hydrogens is 945 g/mol. The van der Waals surface area contributed by atoms with Crippen LogP contribution >= 0.6 is 0 Å². The summed E-state index contributed by atoms with van der Waals surface area (Å²) in [6.07, 6.45) is 11.7. The minimum absolute atomic E-state index is 0.0136. The number of pyridine rings is 1. The van der Waals surface area contributed by atoms with E-state index in [4.69, 9.17) is 14.7 Å². The van der Waals surface area contributed by atoms with Gasteiger partial charge in [0.1, 0.15) is 40.9 Å². The first-order valence-electron chi connectivity index (χ1n) is 26.8. The highest BCUT2D eigenvalue weighted by Gasteiger charge is 2.51. The average molecular weight is 1010 g/mol. The number of β-amino-alcohol motifs (C(OH)–C–C–N with tert-alkyl or cyclic N) is 1. The Hall–Kier alpha value is -6.04. The molecule has 0 radical (unpaired) electrons. The van der Waals surface area contributed by atoms with Crippen molar-refractivity contribution in [3.8, 4) is 23.0 Å². The number of nitrogens with one attached hydrogen (secondary N) is 2. The predicted molar refractivity (Wildman–Crippen MR) is 281 cm³/mol. The molecule has 2 atom stereocenters. The van der Waals surface area contributed by atoms with Crippen molar-refractivity contribution in [2.45, 2.75) is 121 Å². The molecular formula is C57H69F2N9O6. The first-order chi connectivity index (χ1) is 35.4. The molecule has 4 saturated heterocycles. The van der Waals surface area contributed by atoms with Crippen LogP contribution in [0, 0.1) is 22.5 Å². The lowest BCUT2D eigenvalue weighted by atomic mass is 9.60. The number of carbonyl (C=O) groups is 3. The molecule has 392 valence electrons. The molecule has 0 bridgehead atoms. The van der Waals surface area contributed by atoms with Crippen molar-refractivity contribution in [2.75, 3.05) is 80.6 Å². The van der Waals surface area contributed by atoms with E-state index in [1.165, 1.54) is 44.0 Å². The van der Waals surface area contributed by atoms with Crippen LogP contribution in [0.2, 0.25) is 0 Å². The van der Waals surface area contributed by atoms with Gasteiger partial charge in [-0.15, -0.1) is 0 Å². The minimum Gasteiger partial charge on any atom is -0.508 e. The van der Waals surface area contributed by atoms with Gasteiger partial charge < -0.3 is 39.8 Å². The molecule has 5 aromatic rings. The molecule has 4 aliphatic heterocycles. The molecule has 2 aromatic heterocycles. The number of nitrogens with zero attached hydrogens (tertiary/aromatic N) is 7. The van der Waals surface area contributed by atoms with E-state index in [9.17, 15) is 24.6 Å². The number of carbonyl (C=O) groups excluding carboxylic acids is 3. The number of benzene rings is 3. The van der Waals surface area contributed by atoms with Crippen molar-refractivity contribution < 1.29 is 38.1 Å². The zero-order valence-electron chi connectivity index (χ0n) is 43.1. The number of piperidine rings is 3. The van der Waals surface area contributed by atoms with Gasteiger partial charge in [0.2, 0.25) is 11.8 Å². The number of aromatic nitrogens is 3. The van der Waals surface area contributed by atoms with Crippen molar-refractivity contribution in [1.82, 2.24) is 30.1 Å². The van der Waals surface area contributed by atoms with Gasteiger partial charge in [-0.2, -0.15) is 9.97 Å². The zero-order chi connectivity index (χ0) is 51.7. The number of ether oxygens (including phenoxy) is 1. The fourth-order valence-electron chi connectivity index (χ4n) is 12.8. The largest absolute Gasteiger partial charge is 0.508 e. The van der Waals surface area contributed by atoms with E-state index in [-0.39, 0.29) is 52.2 Å². The van der Waals surface area contributed by atoms with Gasteiger partial charge in [0.25, 0.3) is 0 Å². The number of imide groups is 1. The van der Waals surface area contributed by atoms with Crippen molar-refractivity contribution in [1.29, 1.82) is 0 Å². The smallest absolute Gasteiger partial charge is 0.319 e. The molecule has 11 rings (SSSR count). The number of hydrogen-bond acceptors (Lipinski definition) is 14. The second-order valence-corrected chi connectivity index (χ2v) is 23.4. The number of aryl methyl sites for hydroxylation is 1. The maximum absolute atomic E-state index is 17.2. The summed E-state index contributed by atoms with van der Waals surface area (Å²) in [6.45, 7) is 15.4. The number of amides is 2. The molecule has 3 aromatic carbocycles. The number of halogens is 2. The van der Waals surface area contributed by atoms with Crippen molar-refractivity contribution >= 4 is 57.0 Å². The fourth-order valence-corrected chi connectivity index (χ4v) is 12.8. The molecule has 2 aliphatic carbocycles. The van der Waals surface area contributed by atoms with Crippen LogP contribution in [0.3, 0.4) is 0 Å². The SMILES string of the molecule is CCc1c(F)ccc2cc(O)cc(-c3ncc4c(N5CCC[C@@](C)(O)C5)nc(OCC5(CN6CCC7(CC6)CC(N6CCN(c8ccc(NC9CCC(=O)NC9=O)c(C(C)(C)C=O)c8)CC6)C7)CC5)nc4c3F)c12. The molecule has 1 unspecified atom stereocenters. The van der Waals surface area contributed by atoms with E-state index in [1.54, 1.807) is 19.1 Å². The molecule has 6 aliphatic rings. The van der Waals surface area contributed by atoms with Gasteiger partial charge in [0.15, 0.2) is 5.82 Å². The summed E-state index contributed by atoms with van der Waals surface area (Å²) in [5.41, 5.74) is 1.84. The molecule has 6 fully saturated rings. The number of likely N-dealkylation sites (tertiary alicyclic amines) is 1. The minimum atomic E-state index is -0.967. The Kier molecular flexibility index (Phi) is 13.1. The third-order valence-electron chi connectivity index (χ3n) is 17.4. The Labute approximate surface area is 431 Å². The second-order valence-electron chi connectivity index (χ2n) is 23.4. The lowest BCUT2D eigenvalue weighted by Crippen LogP contribution is -2.59. The molecule has 15 nitrogen and oxygen atoms in total. The van der Waals surface area contributed by atoms with Crippen LogP contribution in [0.15, 0.2) is 48.7 Å². The van der Waals surface area contributed by atoms with Gasteiger partial charge in [-0.25, -0.2) is 8.78 Å². The number of aliphatic hydroxyl groups is 1. The van der Waals surface area contributed by atoms with Gasteiger partial charge in [-0.1, -0.05) is 13.0 Å². The van der Waals surface area contributed by atoms with Gasteiger partial charge in [-0.3, -0.25) is 24.8 Å². The molecule has 1 spiro atoms. The summed E-state index contributed by atoms with van der Waals surface area (Å²) in [7, 11) is 0. The number of aldehydes is 1. The number of fused-ring (bicyclic) bond motifs is 2. The van der Waals surface area contributed by atoms with Crippen LogP contribution in [0.1, 0.15) is 103 Å². The van der Waals surface area contributed by atoms with Crippen LogP contribution in [0.5, 0.6) is 11.8 Å². The lowest BCUT2D eigenvalue weighted by Gasteiger charge is -2.56. The van der Waals surface area contributed by atoms with E-state index >= 15 is 8.78 Å². The van der Waals surface area contributed by atoms with Crippen LogP contribution in [0.25, 0.3) is 32.9 Å². The molecule has 17 heteroatoms. The number of hydrogen-bond donors (Lipinski definition) is 4. The summed E-state index contributed by atoms with van der Waals surface area (Å²) in [5.74, 6) is -1.38. The highest BCUT2D eigenvalue weighted by Crippen LogP contribution is 2.53. The van der Waals surface area contributed by atoms with Crippen LogP contribution < -0.4 is 25.2 Å². The van der Waals surface area contributed by atoms with E-state index in [1.807, 2.05) is 31.7 Å². The Balaban J connectivity index is 0.723. The summed E-state index contributed by atoms with van der Waals surface area (Å²) >= 11 is 0. The number of aromatic hydroxyl groups is 1. The molecule has 2 amide bonds. The standard InChI is InChI=1S/C57H69F2N9O6/c1-5-39-43(58)9-7-35-25-38(70)27-40(47(35)39)49-48(59)50-41(30-60-49)51(68-18-6-13-55(4,73)31-68)64-53(63-50)74-34-57(14-15-57)32-65-19-16-56(17-20-65)28-37(29-56)67-23-21-66(22-24-67)36-8-10-44(42(26-36)54(2,3)33-69)61-45-11-12-46(71)62-52(45)72/h7-10,25-27,30,33,37,45,61,70,73H,5-6,11-24,28-29,31-32,34H2,1-4H3,(H,62,71,72)/t45?,55-/m1/s1. The Morgan fingerprint density at radius 2 is 1.72 bits per heavy atom. The predicted octanol–water partition coefficient (Wildman–Crippen LogP) is 7.66. The van der Waals surface area contributed by atoms with E-state index in [2.05, 4.69) is 42.5 Å². The maximum Gasteiger partial charge on any atom is 0.319 e. The number of phenols is 1. The van der Waals surface area contributed by atoms with Gasteiger partial charge in [0, 0.05) is 92.2 Å². The maximum atomic E-state index is 17.2. The second kappa shape index (κ2) is 19.3. The van der Waals surface area contributed by atoms with Crippen LogP contribution in [-0.4, -0.2) is 136 Å². The van der Waals surface area contributed by atoms with E-state index < -0.39 is 28.7 Å². The van der Waals surface area contributed by atoms with E-state index in [0.717, 1.165) is 88.3 Å². The molecule has 74 heavy (non-hydrogen) atoms. The van der Waals surface area contributed by atoms with E-state index in [0.29, 0.717) is 78.0 Å². The Bertz CT molecular complexity index is 3010. The number of phenolic OH excluding ortho intramolecular Hbond substituents is 1. The van der Waals surface area contributed by atoms with Crippen LogP contribution in [-0.2, 0) is 26.2 Å². The summed E-state index contributed by atoms with van der Waals surface area (Å²) in [5, 5.41) is 29.1. The fraction of sp³-hybridized carbons (Fsp3) is 0.544. The monoisotopic (exact) mass is 1010 g/mol. The summed E-state index contributed by atoms with van der Waals surface area (Å²) in [4.78, 5) is 60.4. The highest BCUT2D eigenvalue weighted by molar-refractivity contribution is 6.03. The molecule has 2 saturated carbocycles. The van der Waals surface area contributed by atoms with Gasteiger partial charge in [-0.05, 0) is 162 Å². The third-order valence-corrected chi connectivity index (χ3v) is 17.4. The quantitative estimate of drug-likeness (QED) is 0.0630. The number of anilines is 3. The first kappa shape index (κ1) is 50.1. The number of rotatable bonds is 14. The first-order valence-corrected chi connectivity index (χ1v) is 26.8. The summed E-state index contributed by atoms with van der Waals surface area (Å²) in [6, 6.07) is 12.1. The lowest BCUT2D eigenvalue weighted by molar-refractivity contribution is -0.133. The topological polar surface area (TPSA) is 177 Å². The molecule has 4 N–H and O–H groups in total. The number of piperazine rings is 1. The third kappa shape index (κ3) is 9.75. The van der Waals surface area contributed by atoms with Crippen molar-refractivity contribution in [2.24, 2.45) is 10.8 Å². The molecule has 6 heterocycles. The Morgan fingerprint density at radius 1 is 0.946 bits per heavy atom. The average Bonchev–Trinajstić information content (AvgIpc) is 4.15. The summed E-state index contributed by atoms with van der Waals surface area (Å²) < 4.78 is 38.9. The van der Waals surface area contributed by atoms with Gasteiger partial charge >= 0.3 is 6.01 Å². The zero-order valence-corrected chi connectivity index (χ0v) is 43.1. The normalized spacial score (nSPS) is 23.5.